The second-order valence-corrected chi connectivity index (χ2v) is 8.50. The van der Waals surface area contributed by atoms with Crippen LogP contribution in [0.25, 0.3) is 22.6 Å². The Morgan fingerprint density at radius 2 is 1.41 bits per heavy atom. The van der Waals surface area contributed by atoms with Crippen LogP contribution in [0.4, 0.5) is 9.59 Å². The first kappa shape index (κ1) is 35.4. The molecule has 0 spiro atoms. The van der Waals surface area contributed by atoms with Crippen LogP contribution in [0.2, 0.25) is 0 Å². The lowest BCUT2D eigenvalue weighted by atomic mass is 10.1. The van der Waals surface area contributed by atoms with Gasteiger partial charge in [-0.05, 0) is 13.0 Å². The standard InChI is InChI=1S/C16H13NO3S.C3H4.2CH3NOS.CH4.H2O/c1-21(18,19)14-10-6-5-9-13(14)15-16(20-11-17-15)12-7-3-2-4-8-12;1-3-2;2*2-1(3)4;;/h2-11H,1H3;1H,2H3;2*(H3,2,3,4);1H4;1H2. The lowest BCUT2D eigenvalue weighted by Gasteiger charge is -2.07. The predicted octanol–water partition coefficient (Wildman–Crippen LogP) is 3.85. The van der Waals surface area contributed by atoms with E-state index in [0.29, 0.717) is 17.0 Å². The minimum Gasteiger partial charge on any atom is -0.443 e. The Bertz CT molecular complexity index is 1140. The SMILES string of the molecule is C.C#CC.CS(=O)(=O)c1ccccc1-c1ncoc1-c1ccccc1.NC(=O)S.NC(=O)S.O. The van der Waals surface area contributed by atoms with Gasteiger partial charge in [-0.2, -0.15) is 0 Å². The molecule has 2 amide bonds. The molecular formula is C22H29N3O6S3. The Balaban J connectivity index is -0.000000630. The summed E-state index contributed by atoms with van der Waals surface area (Å²) in [5.41, 5.74) is 10.6. The van der Waals surface area contributed by atoms with Gasteiger partial charge >= 0.3 is 0 Å². The van der Waals surface area contributed by atoms with E-state index < -0.39 is 20.3 Å². The summed E-state index contributed by atoms with van der Waals surface area (Å²) in [6.45, 7) is 1.65. The first-order chi connectivity index (χ1) is 14.9. The number of carbonyl (C=O) groups excluding carboxylic acids is 2. The molecule has 0 radical (unpaired) electrons. The zero-order chi connectivity index (χ0) is 24.7. The number of benzene rings is 2. The molecule has 34 heavy (non-hydrogen) atoms. The largest absolute Gasteiger partial charge is 0.443 e. The van der Waals surface area contributed by atoms with E-state index in [2.05, 4.69) is 54.1 Å². The van der Waals surface area contributed by atoms with Crippen molar-refractivity contribution in [3.63, 3.8) is 0 Å². The van der Waals surface area contributed by atoms with Crippen LogP contribution in [0.1, 0.15) is 14.4 Å². The Hall–Kier alpha value is -3.24. The van der Waals surface area contributed by atoms with Crippen LogP contribution in [0.3, 0.4) is 0 Å². The summed E-state index contributed by atoms with van der Waals surface area (Å²) in [6, 6.07) is 16.3. The Morgan fingerprint density at radius 3 is 1.85 bits per heavy atom. The van der Waals surface area contributed by atoms with Gasteiger partial charge in [0.05, 0.1) is 4.90 Å². The van der Waals surface area contributed by atoms with Gasteiger partial charge in [0.25, 0.3) is 10.5 Å². The second-order valence-electron chi connectivity index (χ2n) is 5.63. The third-order valence-corrected chi connectivity index (χ3v) is 4.30. The maximum absolute atomic E-state index is 11.9. The molecule has 1 heterocycles. The summed E-state index contributed by atoms with van der Waals surface area (Å²) in [7, 11) is -3.34. The van der Waals surface area contributed by atoms with Crippen molar-refractivity contribution in [2.45, 2.75) is 19.2 Å². The molecule has 0 aliphatic carbocycles. The number of terminal acetylenes is 1. The van der Waals surface area contributed by atoms with Crippen molar-refractivity contribution in [1.29, 1.82) is 0 Å². The molecule has 9 nitrogen and oxygen atoms in total. The summed E-state index contributed by atoms with van der Waals surface area (Å²) in [5, 5.41) is -1.28. The van der Waals surface area contributed by atoms with E-state index in [1.54, 1.807) is 31.2 Å². The van der Waals surface area contributed by atoms with Crippen LogP contribution >= 0.6 is 25.3 Å². The van der Waals surface area contributed by atoms with Gasteiger partial charge in [0.15, 0.2) is 22.0 Å². The van der Waals surface area contributed by atoms with Crippen LogP contribution in [-0.4, -0.2) is 35.6 Å². The fraction of sp³-hybridized carbons (Fsp3) is 0.136. The minimum absolute atomic E-state index is 0. The van der Waals surface area contributed by atoms with E-state index in [1.165, 1.54) is 12.6 Å². The maximum atomic E-state index is 11.9. The average molecular weight is 528 g/mol. The molecule has 0 unspecified atom stereocenters. The number of thiol groups is 2. The molecule has 1 aromatic heterocycles. The summed E-state index contributed by atoms with van der Waals surface area (Å²) < 4.78 is 29.3. The highest BCUT2D eigenvalue weighted by molar-refractivity contribution is 7.96. The quantitative estimate of drug-likeness (QED) is 0.297. The number of hydrogen-bond acceptors (Lipinski definition) is 6. The first-order valence-electron chi connectivity index (χ1n) is 8.58. The fourth-order valence-corrected chi connectivity index (χ4v) is 3.11. The Morgan fingerprint density at radius 1 is 1.00 bits per heavy atom. The lowest BCUT2D eigenvalue weighted by Crippen LogP contribution is -2.00. The monoisotopic (exact) mass is 527 g/mol. The van der Waals surface area contributed by atoms with Gasteiger partial charge in [0.1, 0.15) is 5.69 Å². The number of primary amides is 2. The summed E-state index contributed by atoms with van der Waals surface area (Å²) in [5.74, 6) is 2.81. The number of sulfone groups is 1. The van der Waals surface area contributed by atoms with Crippen LogP contribution in [0.5, 0.6) is 0 Å². The zero-order valence-corrected chi connectivity index (χ0v) is 20.4. The van der Waals surface area contributed by atoms with Crippen molar-refractivity contribution < 1.29 is 27.9 Å². The van der Waals surface area contributed by atoms with Gasteiger partial charge in [-0.3, -0.25) is 9.59 Å². The third kappa shape index (κ3) is 14.0. The second kappa shape index (κ2) is 18.2. The van der Waals surface area contributed by atoms with Gasteiger partial charge in [-0.25, -0.2) is 13.4 Å². The number of amides is 2. The molecule has 12 heteroatoms. The van der Waals surface area contributed by atoms with Crippen LogP contribution in [-0.2, 0) is 9.84 Å². The number of hydrogen-bond donors (Lipinski definition) is 4. The number of nitrogens with two attached hydrogens (primary N) is 2. The first-order valence-corrected chi connectivity index (χ1v) is 11.4. The van der Waals surface area contributed by atoms with E-state index in [4.69, 9.17) is 14.0 Å². The van der Waals surface area contributed by atoms with Crippen molar-refractivity contribution in [2.24, 2.45) is 11.5 Å². The molecular weight excluding hydrogens is 498 g/mol. The molecule has 0 aliphatic rings. The predicted molar refractivity (Wildman–Crippen MR) is 142 cm³/mol. The van der Waals surface area contributed by atoms with E-state index in [9.17, 15) is 8.42 Å². The average Bonchev–Trinajstić information content (AvgIpc) is 3.17. The number of carbonyl (C=O) groups is 2. The lowest BCUT2D eigenvalue weighted by molar-refractivity contribution is 0.266. The molecule has 0 aliphatic heterocycles. The molecule has 6 N–H and O–H groups in total. The van der Waals surface area contributed by atoms with Gasteiger partial charge in [-0.1, -0.05) is 81.2 Å². The van der Waals surface area contributed by atoms with Gasteiger partial charge in [-0.15, -0.1) is 12.3 Å². The number of nitrogens with zero attached hydrogens (tertiary/aromatic N) is 1. The number of aromatic nitrogens is 1. The van der Waals surface area contributed by atoms with E-state index >= 15 is 0 Å². The normalized spacial score (nSPS) is 8.79. The highest BCUT2D eigenvalue weighted by atomic mass is 32.2. The highest BCUT2D eigenvalue weighted by Crippen LogP contribution is 2.34. The number of rotatable bonds is 3. The maximum Gasteiger partial charge on any atom is 0.273 e. The summed E-state index contributed by atoms with van der Waals surface area (Å²) in [4.78, 5) is 22.6. The Kier molecular flexibility index (Phi) is 18.9. The van der Waals surface area contributed by atoms with E-state index in [1.807, 2.05) is 30.3 Å². The molecule has 0 saturated heterocycles. The molecule has 3 aromatic rings. The van der Waals surface area contributed by atoms with Crippen molar-refractivity contribution in [1.82, 2.24) is 4.98 Å². The van der Waals surface area contributed by atoms with Crippen molar-refractivity contribution in [3.05, 3.63) is 61.0 Å². The molecule has 0 atom stereocenters. The fourth-order valence-electron chi connectivity index (χ4n) is 2.22. The van der Waals surface area contributed by atoms with Crippen molar-refractivity contribution >= 4 is 45.6 Å². The molecule has 3 rings (SSSR count). The molecule has 2 aromatic carbocycles. The molecule has 0 bridgehead atoms. The zero-order valence-electron chi connectivity index (χ0n) is 17.8. The van der Waals surface area contributed by atoms with E-state index in [0.717, 1.165) is 5.56 Å². The topological polar surface area (TPSA) is 178 Å². The van der Waals surface area contributed by atoms with Crippen molar-refractivity contribution in [3.8, 4) is 34.9 Å². The smallest absolute Gasteiger partial charge is 0.273 e. The highest BCUT2D eigenvalue weighted by Gasteiger charge is 2.20. The van der Waals surface area contributed by atoms with Gasteiger partial charge in [0, 0.05) is 17.4 Å². The third-order valence-electron chi connectivity index (χ3n) is 3.15. The summed E-state index contributed by atoms with van der Waals surface area (Å²) >= 11 is 6.21. The summed E-state index contributed by atoms with van der Waals surface area (Å²) in [6.07, 6.45) is 7.12. The van der Waals surface area contributed by atoms with Crippen LogP contribution < -0.4 is 11.5 Å². The van der Waals surface area contributed by atoms with Gasteiger partial charge in [0.2, 0.25) is 0 Å². The molecule has 186 valence electrons. The molecule has 0 saturated carbocycles. The van der Waals surface area contributed by atoms with Gasteiger partial charge < -0.3 is 21.4 Å². The van der Waals surface area contributed by atoms with Crippen LogP contribution in [0.15, 0.2) is 70.3 Å². The minimum atomic E-state index is -3.34. The number of oxazole rings is 1. The van der Waals surface area contributed by atoms with Crippen molar-refractivity contribution in [2.75, 3.05) is 6.26 Å². The van der Waals surface area contributed by atoms with Crippen LogP contribution in [0, 0.1) is 12.3 Å². The Labute approximate surface area is 211 Å². The molecule has 0 fully saturated rings. The van der Waals surface area contributed by atoms with E-state index in [-0.39, 0.29) is 17.8 Å².